The van der Waals surface area contributed by atoms with Gasteiger partial charge in [0.2, 0.25) is 0 Å². The van der Waals surface area contributed by atoms with E-state index in [1.807, 2.05) is 0 Å². The summed E-state index contributed by atoms with van der Waals surface area (Å²) in [5.74, 6) is -0.731. The molecule has 3 aromatic rings. The van der Waals surface area contributed by atoms with Crippen molar-refractivity contribution in [3.05, 3.63) is 76.2 Å². The van der Waals surface area contributed by atoms with Gasteiger partial charge in [-0.3, -0.25) is 4.79 Å². The van der Waals surface area contributed by atoms with E-state index in [0.717, 1.165) is 18.2 Å². The van der Waals surface area contributed by atoms with Gasteiger partial charge in [0.15, 0.2) is 11.5 Å². The van der Waals surface area contributed by atoms with Gasteiger partial charge in [-0.15, -0.1) is 0 Å². The molecule has 0 saturated carbocycles. The number of carbonyl (C=O) groups excluding carboxylic acids is 1. The highest BCUT2D eigenvalue weighted by molar-refractivity contribution is 6.34. The van der Waals surface area contributed by atoms with Crippen LogP contribution in [0.25, 0.3) is 0 Å². The van der Waals surface area contributed by atoms with Gasteiger partial charge in [0.05, 0.1) is 22.5 Å². The summed E-state index contributed by atoms with van der Waals surface area (Å²) in [6.07, 6.45) is -3.33. The van der Waals surface area contributed by atoms with Gasteiger partial charge >= 0.3 is 6.18 Å². The predicted octanol–water partition coefficient (Wildman–Crippen LogP) is 6.65. The lowest BCUT2D eigenvalue weighted by molar-refractivity contribution is -0.137. The van der Waals surface area contributed by atoms with Gasteiger partial charge < -0.3 is 14.5 Å². The summed E-state index contributed by atoms with van der Waals surface area (Å²) in [5.41, 5.74) is -1.16. The molecule has 0 saturated heterocycles. The molecular weight excluding hydrogens is 406 g/mol. The third-order valence-corrected chi connectivity index (χ3v) is 3.96. The van der Waals surface area contributed by atoms with Crippen LogP contribution in [0.2, 0.25) is 10.0 Å². The molecule has 9 heteroatoms. The first kappa shape index (κ1) is 19.1. The summed E-state index contributed by atoms with van der Waals surface area (Å²) in [4.78, 5) is 12.2. The molecule has 3 rings (SSSR count). The standard InChI is InChI=1S/C18H10Cl2F3NO3/c19-11-4-5-12(20)16(9-11)27-14-6-3-10(18(21,22)23)8-13(14)24-17(25)15-2-1-7-26-15/h1-9H,(H,24,25). The van der Waals surface area contributed by atoms with Crippen molar-refractivity contribution in [2.24, 2.45) is 0 Å². The number of benzene rings is 2. The fourth-order valence-electron chi connectivity index (χ4n) is 2.16. The Kier molecular flexibility index (Phi) is 5.34. The molecule has 0 aliphatic rings. The SMILES string of the molecule is O=C(Nc1cc(C(F)(F)F)ccc1Oc1cc(Cl)ccc1Cl)c1ccco1. The van der Waals surface area contributed by atoms with E-state index in [-0.39, 0.29) is 28.0 Å². The Morgan fingerprint density at radius 3 is 2.48 bits per heavy atom. The van der Waals surface area contributed by atoms with Gasteiger partial charge in [-0.25, -0.2) is 0 Å². The quantitative estimate of drug-likeness (QED) is 0.518. The van der Waals surface area contributed by atoms with Crippen molar-refractivity contribution in [1.29, 1.82) is 0 Å². The van der Waals surface area contributed by atoms with Gasteiger partial charge in [0, 0.05) is 11.1 Å². The second-order valence-electron chi connectivity index (χ2n) is 5.32. The van der Waals surface area contributed by atoms with Gasteiger partial charge in [0.1, 0.15) is 5.75 Å². The van der Waals surface area contributed by atoms with Crippen LogP contribution >= 0.6 is 23.2 Å². The maximum absolute atomic E-state index is 13.0. The summed E-state index contributed by atoms with van der Waals surface area (Å²) in [6.45, 7) is 0. The number of amides is 1. The first-order chi connectivity index (χ1) is 12.7. The van der Waals surface area contributed by atoms with Crippen LogP contribution in [0, 0.1) is 0 Å². The molecule has 0 atom stereocenters. The number of rotatable bonds is 4. The predicted molar refractivity (Wildman–Crippen MR) is 94.6 cm³/mol. The Morgan fingerprint density at radius 1 is 1.04 bits per heavy atom. The van der Waals surface area contributed by atoms with Crippen molar-refractivity contribution < 1.29 is 27.1 Å². The summed E-state index contributed by atoms with van der Waals surface area (Å²) < 4.78 is 49.7. The lowest BCUT2D eigenvalue weighted by Crippen LogP contribution is -2.13. The van der Waals surface area contributed by atoms with Crippen LogP contribution in [0.15, 0.2) is 59.2 Å². The van der Waals surface area contributed by atoms with Crippen molar-refractivity contribution in [2.75, 3.05) is 5.32 Å². The van der Waals surface area contributed by atoms with Crippen molar-refractivity contribution >= 4 is 34.8 Å². The Labute approximate surface area is 161 Å². The number of ether oxygens (including phenoxy) is 1. The fraction of sp³-hybridized carbons (Fsp3) is 0.0556. The highest BCUT2D eigenvalue weighted by atomic mass is 35.5. The number of carbonyl (C=O) groups is 1. The molecule has 4 nitrogen and oxygen atoms in total. The molecule has 0 radical (unpaired) electrons. The van der Waals surface area contributed by atoms with Crippen LogP contribution in [0.4, 0.5) is 18.9 Å². The average molecular weight is 416 g/mol. The lowest BCUT2D eigenvalue weighted by Gasteiger charge is -2.15. The molecule has 140 valence electrons. The number of furan rings is 1. The van der Waals surface area contributed by atoms with Crippen LogP contribution in [-0.4, -0.2) is 5.91 Å². The highest BCUT2D eigenvalue weighted by Crippen LogP contribution is 2.39. The summed E-state index contributed by atoms with van der Waals surface area (Å²) in [6, 6.07) is 9.93. The van der Waals surface area contributed by atoms with Crippen LogP contribution in [0.5, 0.6) is 11.5 Å². The van der Waals surface area contributed by atoms with Crippen molar-refractivity contribution in [2.45, 2.75) is 6.18 Å². The highest BCUT2D eigenvalue weighted by Gasteiger charge is 2.31. The van der Waals surface area contributed by atoms with Crippen molar-refractivity contribution in [3.8, 4) is 11.5 Å². The average Bonchev–Trinajstić information content (AvgIpc) is 3.13. The van der Waals surface area contributed by atoms with Gasteiger partial charge in [-0.1, -0.05) is 23.2 Å². The summed E-state index contributed by atoms with van der Waals surface area (Å²) in [7, 11) is 0. The molecule has 1 heterocycles. The molecule has 0 bridgehead atoms. The lowest BCUT2D eigenvalue weighted by atomic mass is 10.1. The molecule has 2 aromatic carbocycles. The van der Waals surface area contributed by atoms with E-state index in [2.05, 4.69) is 5.32 Å². The van der Waals surface area contributed by atoms with E-state index in [0.29, 0.717) is 5.02 Å². The van der Waals surface area contributed by atoms with Crippen LogP contribution in [-0.2, 0) is 6.18 Å². The zero-order chi connectivity index (χ0) is 19.6. The number of hydrogen-bond donors (Lipinski definition) is 1. The van der Waals surface area contributed by atoms with E-state index in [1.165, 1.54) is 36.6 Å². The number of anilines is 1. The Balaban J connectivity index is 1.99. The van der Waals surface area contributed by atoms with Crippen molar-refractivity contribution in [1.82, 2.24) is 0 Å². The molecule has 1 amide bonds. The number of halogens is 5. The third kappa shape index (κ3) is 4.56. The number of nitrogens with one attached hydrogen (secondary N) is 1. The monoisotopic (exact) mass is 415 g/mol. The molecule has 27 heavy (non-hydrogen) atoms. The van der Waals surface area contributed by atoms with Crippen LogP contribution in [0.3, 0.4) is 0 Å². The first-order valence-corrected chi connectivity index (χ1v) is 8.18. The van der Waals surface area contributed by atoms with E-state index in [9.17, 15) is 18.0 Å². The molecule has 0 aliphatic heterocycles. The minimum atomic E-state index is -4.60. The van der Waals surface area contributed by atoms with Crippen molar-refractivity contribution in [3.63, 3.8) is 0 Å². The Morgan fingerprint density at radius 2 is 1.81 bits per heavy atom. The molecule has 0 fully saturated rings. The molecular formula is C18H10Cl2F3NO3. The smallest absolute Gasteiger partial charge is 0.416 e. The first-order valence-electron chi connectivity index (χ1n) is 7.43. The van der Waals surface area contributed by atoms with E-state index in [4.69, 9.17) is 32.4 Å². The number of hydrogen-bond acceptors (Lipinski definition) is 3. The molecule has 0 unspecified atom stereocenters. The Hall–Kier alpha value is -2.64. The maximum Gasteiger partial charge on any atom is 0.416 e. The Bertz CT molecular complexity index is 972. The fourth-order valence-corrected chi connectivity index (χ4v) is 2.48. The van der Waals surface area contributed by atoms with Crippen LogP contribution < -0.4 is 10.1 Å². The van der Waals surface area contributed by atoms with E-state index < -0.39 is 17.6 Å². The maximum atomic E-state index is 13.0. The molecule has 0 aliphatic carbocycles. The van der Waals surface area contributed by atoms with Gasteiger partial charge in [-0.2, -0.15) is 13.2 Å². The summed E-state index contributed by atoms with van der Waals surface area (Å²) >= 11 is 11.9. The molecule has 0 spiro atoms. The summed E-state index contributed by atoms with van der Waals surface area (Å²) in [5, 5.41) is 2.86. The van der Waals surface area contributed by atoms with E-state index in [1.54, 1.807) is 0 Å². The third-order valence-electron chi connectivity index (χ3n) is 3.41. The topological polar surface area (TPSA) is 51.5 Å². The zero-order valence-corrected chi connectivity index (χ0v) is 14.8. The van der Waals surface area contributed by atoms with Crippen LogP contribution in [0.1, 0.15) is 16.1 Å². The molecule has 1 N–H and O–H groups in total. The van der Waals surface area contributed by atoms with E-state index >= 15 is 0 Å². The zero-order valence-electron chi connectivity index (χ0n) is 13.3. The second-order valence-corrected chi connectivity index (χ2v) is 6.16. The number of alkyl halides is 3. The second kappa shape index (κ2) is 7.54. The minimum absolute atomic E-state index is 0.0490. The van der Waals surface area contributed by atoms with Gasteiger partial charge in [0.25, 0.3) is 5.91 Å². The van der Waals surface area contributed by atoms with Gasteiger partial charge in [-0.05, 0) is 42.5 Å². The normalized spacial score (nSPS) is 11.3. The minimum Gasteiger partial charge on any atom is -0.459 e. The molecule has 1 aromatic heterocycles. The largest absolute Gasteiger partial charge is 0.459 e.